The van der Waals surface area contributed by atoms with E-state index in [0.717, 1.165) is 60.7 Å². The molecule has 5 rings (SSSR count). The lowest BCUT2D eigenvalue weighted by molar-refractivity contribution is 0.0939. The van der Waals surface area contributed by atoms with Crippen molar-refractivity contribution < 1.29 is 9.53 Å². The summed E-state index contributed by atoms with van der Waals surface area (Å²) in [6, 6.07) is 19.2. The number of nitrogens with zero attached hydrogens (tertiary/aromatic N) is 4. The van der Waals surface area contributed by atoms with Crippen LogP contribution >= 0.6 is 0 Å². The van der Waals surface area contributed by atoms with Crippen LogP contribution in [0.5, 0.6) is 5.75 Å². The first-order valence-electron chi connectivity index (χ1n) is 11.9. The summed E-state index contributed by atoms with van der Waals surface area (Å²) in [7, 11) is 3.80. The molecule has 2 aromatic carbocycles. The van der Waals surface area contributed by atoms with Crippen molar-refractivity contribution in [3.8, 4) is 16.9 Å². The maximum atomic E-state index is 12.6. The molecule has 3 heterocycles. The Hall–Kier alpha value is -3.91. The fraction of sp³-hybridized carbons (Fsp3) is 0.296. The van der Waals surface area contributed by atoms with E-state index in [1.165, 1.54) is 0 Å². The third kappa shape index (κ3) is 5.27. The average Bonchev–Trinajstić information content (AvgIpc) is 3.31. The molecule has 0 radical (unpaired) electrons. The minimum absolute atomic E-state index is 0.0366. The summed E-state index contributed by atoms with van der Waals surface area (Å²) in [5.41, 5.74) is 4.23. The van der Waals surface area contributed by atoms with Crippen molar-refractivity contribution in [2.24, 2.45) is 5.92 Å². The van der Waals surface area contributed by atoms with Crippen LogP contribution in [0.15, 0.2) is 66.9 Å². The number of hydrogen-bond acceptors (Lipinski definition) is 6. The standard InChI is InChI=1S/C27H30N6O2/c1-32-16-13-19(14-17-32)18-28-26(34)21-5-9-22(10-6-21)29-27-30-25-24(4-3-15-33(25)31-27)20-7-11-23(35-2)12-8-20/h3-12,15,19H,13-14,16-18H2,1-2H3,(H,28,34)(H,29,31). The largest absolute Gasteiger partial charge is 0.497 e. The van der Waals surface area contributed by atoms with Crippen LogP contribution in [-0.4, -0.2) is 59.2 Å². The number of hydrogen-bond donors (Lipinski definition) is 2. The fourth-order valence-electron chi connectivity index (χ4n) is 4.39. The van der Waals surface area contributed by atoms with E-state index in [2.05, 4.69) is 27.7 Å². The van der Waals surface area contributed by atoms with Gasteiger partial charge in [-0.3, -0.25) is 4.79 Å². The number of ether oxygens (including phenoxy) is 1. The number of aromatic nitrogens is 3. The lowest BCUT2D eigenvalue weighted by Gasteiger charge is -2.28. The summed E-state index contributed by atoms with van der Waals surface area (Å²) in [6.07, 6.45) is 4.13. The van der Waals surface area contributed by atoms with Crippen molar-refractivity contribution in [1.29, 1.82) is 0 Å². The Balaban J connectivity index is 1.25. The van der Waals surface area contributed by atoms with Crippen molar-refractivity contribution in [2.45, 2.75) is 12.8 Å². The molecule has 1 fully saturated rings. The Morgan fingerprint density at radius 1 is 1.06 bits per heavy atom. The van der Waals surface area contributed by atoms with Crippen LogP contribution < -0.4 is 15.4 Å². The van der Waals surface area contributed by atoms with Crippen LogP contribution in [-0.2, 0) is 0 Å². The van der Waals surface area contributed by atoms with Gasteiger partial charge in [0.15, 0.2) is 5.65 Å². The molecule has 0 spiro atoms. The molecule has 0 unspecified atom stereocenters. The van der Waals surface area contributed by atoms with Gasteiger partial charge in [-0.25, -0.2) is 4.52 Å². The Bertz CT molecular complexity index is 1290. The number of nitrogens with one attached hydrogen (secondary N) is 2. The molecule has 180 valence electrons. The van der Waals surface area contributed by atoms with Crippen molar-refractivity contribution in [3.63, 3.8) is 0 Å². The average molecular weight is 471 g/mol. The molecule has 8 heteroatoms. The molecule has 35 heavy (non-hydrogen) atoms. The van der Waals surface area contributed by atoms with E-state index >= 15 is 0 Å². The van der Waals surface area contributed by atoms with Crippen LogP contribution in [0.4, 0.5) is 11.6 Å². The maximum absolute atomic E-state index is 12.6. The second-order valence-electron chi connectivity index (χ2n) is 9.01. The molecule has 2 aromatic heterocycles. The molecule has 1 aliphatic heterocycles. The minimum atomic E-state index is -0.0366. The topological polar surface area (TPSA) is 83.8 Å². The fourth-order valence-corrected chi connectivity index (χ4v) is 4.39. The number of carbonyl (C=O) groups is 1. The zero-order valence-corrected chi connectivity index (χ0v) is 20.1. The van der Waals surface area contributed by atoms with E-state index in [1.807, 2.05) is 66.9 Å². The summed E-state index contributed by atoms with van der Waals surface area (Å²) in [5, 5.41) is 10.9. The first kappa shape index (κ1) is 22.9. The van der Waals surface area contributed by atoms with Gasteiger partial charge in [-0.2, -0.15) is 4.98 Å². The van der Waals surface area contributed by atoms with Gasteiger partial charge in [0.1, 0.15) is 5.75 Å². The number of fused-ring (bicyclic) bond motifs is 1. The number of rotatable bonds is 7. The Morgan fingerprint density at radius 3 is 2.51 bits per heavy atom. The lowest BCUT2D eigenvalue weighted by Crippen LogP contribution is -2.36. The first-order chi connectivity index (χ1) is 17.1. The zero-order chi connectivity index (χ0) is 24.2. The third-order valence-electron chi connectivity index (χ3n) is 6.56. The van der Waals surface area contributed by atoms with Gasteiger partial charge in [-0.05, 0) is 93.0 Å². The van der Waals surface area contributed by atoms with Gasteiger partial charge < -0.3 is 20.3 Å². The summed E-state index contributed by atoms with van der Waals surface area (Å²) >= 11 is 0. The lowest BCUT2D eigenvalue weighted by atomic mass is 9.97. The van der Waals surface area contributed by atoms with E-state index < -0.39 is 0 Å². The van der Waals surface area contributed by atoms with Crippen LogP contribution in [0.25, 0.3) is 16.8 Å². The third-order valence-corrected chi connectivity index (χ3v) is 6.56. The van der Waals surface area contributed by atoms with Gasteiger partial charge in [0.25, 0.3) is 5.91 Å². The van der Waals surface area contributed by atoms with Crippen LogP contribution in [0.2, 0.25) is 0 Å². The molecule has 1 aliphatic rings. The van der Waals surface area contributed by atoms with E-state index in [4.69, 9.17) is 9.72 Å². The van der Waals surface area contributed by atoms with Gasteiger partial charge in [0.2, 0.25) is 5.95 Å². The van der Waals surface area contributed by atoms with Gasteiger partial charge in [0.05, 0.1) is 7.11 Å². The summed E-state index contributed by atoms with van der Waals surface area (Å²) in [5.74, 6) is 1.82. The predicted octanol–water partition coefficient (Wildman–Crippen LogP) is 4.22. The van der Waals surface area contributed by atoms with Gasteiger partial charge in [0, 0.05) is 29.6 Å². The van der Waals surface area contributed by atoms with Crippen LogP contribution in [0.3, 0.4) is 0 Å². The smallest absolute Gasteiger partial charge is 0.251 e. The zero-order valence-electron chi connectivity index (χ0n) is 20.1. The molecule has 4 aromatic rings. The Labute approximate surface area is 204 Å². The normalized spacial score (nSPS) is 14.7. The van der Waals surface area contributed by atoms with Crippen molar-refractivity contribution in [1.82, 2.24) is 24.8 Å². The highest BCUT2D eigenvalue weighted by Crippen LogP contribution is 2.27. The number of carbonyl (C=O) groups excluding carboxylic acids is 1. The highest BCUT2D eigenvalue weighted by molar-refractivity contribution is 5.94. The Morgan fingerprint density at radius 2 is 1.80 bits per heavy atom. The molecule has 8 nitrogen and oxygen atoms in total. The monoisotopic (exact) mass is 470 g/mol. The summed E-state index contributed by atoms with van der Waals surface area (Å²) in [4.78, 5) is 19.6. The Kier molecular flexibility index (Phi) is 6.63. The number of benzene rings is 2. The number of anilines is 2. The second-order valence-corrected chi connectivity index (χ2v) is 9.01. The number of piperidine rings is 1. The number of methoxy groups -OCH3 is 1. The predicted molar refractivity (Wildman–Crippen MR) is 137 cm³/mol. The molecule has 0 aliphatic carbocycles. The van der Waals surface area contributed by atoms with Gasteiger partial charge in [-0.15, -0.1) is 5.10 Å². The molecule has 2 N–H and O–H groups in total. The van der Waals surface area contributed by atoms with Gasteiger partial charge >= 0.3 is 0 Å². The van der Waals surface area contributed by atoms with E-state index in [0.29, 0.717) is 17.4 Å². The van der Waals surface area contributed by atoms with Gasteiger partial charge in [-0.1, -0.05) is 12.1 Å². The SMILES string of the molecule is COc1ccc(-c2cccn3nc(Nc4ccc(C(=O)NCC5CCN(C)CC5)cc4)nc23)cc1. The van der Waals surface area contributed by atoms with Crippen LogP contribution in [0.1, 0.15) is 23.2 Å². The van der Waals surface area contributed by atoms with E-state index in [1.54, 1.807) is 11.6 Å². The molecule has 1 amide bonds. The molecule has 0 saturated carbocycles. The number of pyridine rings is 1. The number of likely N-dealkylation sites (tertiary alicyclic amines) is 1. The summed E-state index contributed by atoms with van der Waals surface area (Å²) < 4.78 is 7.02. The van der Waals surface area contributed by atoms with Crippen molar-refractivity contribution in [3.05, 3.63) is 72.4 Å². The first-order valence-corrected chi connectivity index (χ1v) is 11.9. The quantitative estimate of drug-likeness (QED) is 0.421. The van der Waals surface area contributed by atoms with E-state index in [9.17, 15) is 4.79 Å². The highest BCUT2D eigenvalue weighted by atomic mass is 16.5. The molecule has 0 atom stereocenters. The van der Waals surface area contributed by atoms with Crippen molar-refractivity contribution >= 4 is 23.2 Å². The molecule has 0 bridgehead atoms. The van der Waals surface area contributed by atoms with Crippen LogP contribution in [0, 0.1) is 5.92 Å². The molecule has 1 saturated heterocycles. The highest BCUT2D eigenvalue weighted by Gasteiger charge is 2.17. The second kappa shape index (κ2) is 10.1. The molecular formula is C27H30N6O2. The number of amides is 1. The van der Waals surface area contributed by atoms with E-state index in [-0.39, 0.29) is 5.91 Å². The minimum Gasteiger partial charge on any atom is -0.497 e. The maximum Gasteiger partial charge on any atom is 0.251 e. The molecular weight excluding hydrogens is 440 g/mol. The summed E-state index contributed by atoms with van der Waals surface area (Å²) in [6.45, 7) is 2.92. The van der Waals surface area contributed by atoms with Crippen molar-refractivity contribution in [2.75, 3.05) is 39.1 Å².